The van der Waals surface area contributed by atoms with E-state index in [1.54, 1.807) is 0 Å². The summed E-state index contributed by atoms with van der Waals surface area (Å²) in [6, 6.07) is 0. The fourth-order valence-corrected chi connectivity index (χ4v) is 0.813. The third-order valence-corrected chi connectivity index (χ3v) is 1.48. The largest absolute Gasteiger partial charge is 0.265 e. The van der Waals surface area contributed by atoms with Crippen LogP contribution in [0.5, 0.6) is 0 Å². The minimum atomic E-state index is 0.131. The number of aliphatic imine (C=N–C) groups is 1. The smallest absolute Gasteiger partial charge is 0.0452 e. The van der Waals surface area contributed by atoms with Gasteiger partial charge < -0.3 is 0 Å². The van der Waals surface area contributed by atoms with Gasteiger partial charge in [0.2, 0.25) is 0 Å². The first kappa shape index (κ1) is 11.2. The molecule has 0 aromatic carbocycles. The molecule has 0 saturated carbocycles. The summed E-state index contributed by atoms with van der Waals surface area (Å²) in [4.78, 5) is 4.32. The van der Waals surface area contributed by atoms with Crippen molar-refractivity contribution in [2.45, 2.75) is 34.6 Å². The lowest BCUT2D eigenvalue weighted by molar-refractivity contribution is 0.499. The van der Waals surface area contributed by atoms with Crippen molar-refractivity contribution in [3.05, 3.63) is 23.9 Å². The zero-order chi connectivity index (χ0) is 9.61. The van der Waals surface area contributed by atoms with Gasteiger partial charge in [0.1, 0.15) is 0 Å². The Morgan fingerprint density at radius 2 is 1.75 bits per heavy atom. The summed E-state index contributed by atoms with van der Waals surface area (Å²) in [5.41, 5.74) is 1.24. The summed E-state index contributed by atoms with van der Waals surface area (Å²) < 4.78 is 0. The van der Waals surface area contributed by atoms with Crippen molar-refractivity contribution in [3.63, 3.8) is 0 Å². The predicted octanol–water partition coefficient (Wildman–Crippen LogP) is 3.58. The summed E-state index contributed by atoms with van der Waals surface area (Å²) in [5, 5.41) is 0. The Bertz CT molecular complexity index is 202. The summed E-state index contributed by atoms with van der Waals surface area (Å²) >= 11 is 0. The minimum absolute atomic E-state index is 0.131. The van der Waals surface area contributed by atoms with E-state index in [1.165, 1.54) is 0 Å². The van der Waals surface area contributed by atoms with Crippen LogP contribution in [-0.4, -0.2) is 6.21 Å². The van der Waals surface area contributed by atoms with Gasteiger partial charge in [-0.15, -0.1) is 0 Å². The molecule has 0 heterocycles. The van der Waals surface area contributed by atoms with Gasteiger partial charge in [-0.2, -0.15) is 0 Å². The number of hydrogen-bond donors (Lipinski definition) is 0. The zero-order valence-corrected chi connectivity index (χ0v) is 8.76. The van der Waals surface area contributed by atoms with Gasteiger partial charge in [-0.25, -0.2) is 0 Å². The van der Waals surface area contributed by atoms with E-state index in [0.29, 0.717) is 0 Å². The highest BCUT2D eigenvalue weighted by molar-refractivity contribution is 5.55. The maximum atomic E-state index is 4.32. The molecule has 12 heavy (non-hydrogen) atoms. The highest BCUT2D eigenvalue weighted by Gasteiger charge is 2.14. The van der Waals surface area contributed by atoms with E-state index >= 15 is 0 Å². The van der Waals surface area contributed by atoms with Crippen molar-refractivity contribution in [2.24, 2.45) is 10.4 Å². The summed E-state index contributed by atoms with van der Waals surface area (Å²) in [7, 11) is 0. The maximum Gasteiger partial charge on any atom is 0.0452 e. The van der Waals surface area contributed by atoms with Gasteiger partial charge in [0.05, 0.1) is 0 Å². The topological polar surface area (TPSA) is 12.4 Å². The van der Waals surface area contributed by atoms with E-state index in [0.717, 1.165) is 5.70 Å². The Kier molecular flexibility index (Phi) is 4.57. The van der Waals surface area contributed by atoms with E-state index in [1.807, 2.05) is 32.2 Å². The molecule has 1 nitrogen and oxygen atoms in total. The third-order valence-electron chi connectivity index (χ3n) is 1.48. The van der Waals surface area contributed by atoms with Crippen LogP contribution in [0.1, 0.15) is 34.6 Å². The molecule has 0 spiro atoms. The molecule has 1 heteroatoms. The van der Waals surface area contributed by atoms with E-state index in [2.05, 4.69) is 31.8 Å². The molecular weight excluding hydrogens is 146 g/mol. The molecule has 0 rings (SSSR count). The standard InChI is InChI=1S/C11H19N/c1-6-8-9-10(12-7-2)11(3,4)5/h6-9H,1-5H3/b8-6-,10-9-,12-7-. The van der Waals surface area contributed by atoms with E-state index in [4.69, 9.17) is 0 Å². The molecule has 0 bridgehead atoms. The minimum Gasteiger partial charge on any atom is -0.265 e. The van der Waals surface area contributed by atoms with E-state index in [9.17, 15) is 0 Å². The van der Waals surface area contributed by atoms with E-state index in [-0.39, 0.29) is 5.41 Å². The maximum absolute atomic E-state index is 4.32. The molecule has 0 aromatic heterocycles. The van der Waals surface area contributed by atoms with Crippen molar-refractivity contribution < 1.29 is 0 Å². The van der Waals surface area contributed by atoms with Crippen LogP contribution in [0, 0.1) is 5.41 Å². The summed E-state index contributed by atoms with van der Waals surface area (Å²) in [6.07, 6.45) is 7.92. The van der Waals surface area contributed by atoms with Gasteiger partial charge in [-0.05, 0) is 19.9 Å². The van der Waals surface area contributed by atoms with Crippen molar-refractivity contribution in [1.29, 1.82) is 0 Å². The third kappa shape index (κ3) is 4.12. The van der Waals surface area contributed by atoms with Crippen LogP contribution in [0.3, 0.4) is 0 Å². The monoisotopic (exact) mass is 165 g/mol. The SMILES string of the molecule is C\C=C/C=C(\N=C/C)C(C)(C)C. The first-order valence-electron chi connectivity index (χ1n) is 4.34. The summed E-state index contributed by atoms with van der Waals surface area (Å²) in [6.45, 7) is 10.4. The van der Waals surface area contributed by atoms with Crippen molar-refractivity contribution in [3.8, 4) is 0 Å². The van der Waals surface area contributed by atoms with Crippen LogP contribution >= 0.6 is 0 Å². The highest BCUT2D eigenvalue weighted by atomic mass is 14.7. The van der Waals surface area contributed by atoms with Gasteiger partial charge >= 0.3 is 0 Å². The average molecular weight is 165 g/mol. The van der Waals surface area contributed by atoms with Gasteiger partial charge in [0.25, 0.3) is 0 Å². The second kappa shape index (κ2) is 4.91. The Hall–Kier alpha value is -0.850. The molecular formula is C11H19N. The normalized spacial score (nSPS) is 14.9. The molecule has 0 amide bonds. The zero-order valence-electron chi connectivity index (χ0n) is 8.76. The molecule has 0 aliphatic rings. The van der Waals surface area contributed by atoms with Crippen LogP contribution in [0.2, 0.25) is 0 Å². The van der Waals surface area contributed by atoms with Crippen LogP contribution in [0.15, 0.2) is 28.9 Å². The number of allylic oxidation sites excluding steroid dienone is 4. The number of nitrogens with zero attached hydrogens (tertiary/aromatic N) is 1. The second-order valence-corrected chi connectivity index (χ2v) is 3.71. The van der Waals surface area contributed by atoms with Crippen molar-refractivity contribution >= 4 is 6.21 Å². The predicted molar refractivity (Wildman–Crippen MR) is 56.5 cm³/mol. The Labute approximate surface area is 75.9 Å². The Morgan fingerprint density at radius 3 is 2.08 bits per heavy atom. The molecule has 0 unspecified atom stereocenters. The molecule has 0 N–H and O–H groups in total. The van der Waals surface area contributed by atoms with Crippen LogP contribution < -0.4 is 0 Å². The fourth-order valence-electron chi connectivity index (χ4n) is 0.813. The lowest BCUT2D eigenvalue weighted by Crippen LogP contribution is -2.07. The quantitative estimate of drug-likeness (QED) is 0.438. The van der Waals surface area contributed by atoms with Gasteiger partial charge in [-0.1, -0.05) is 32.9 Å². The highest BCUT2D eigenvalue weighted by Crippen LogP contribution is 2.25. The number of rotatable bonds is 2. The lowest BCUT2D eigenvalue weighted by atomic mass is 9.92. The number of hydrogen-bond acceptors (Lipinski definition) is 1. The first-order chi connectivity index (χ1) is 5.52. The van der Waals surface area contributed by atoms with Crippen molar-refractivity contribution in [2.75, 3.05) is 0 Å². The summed E-state index contributed by atoms with van der Waals surface area (Å²) in [5.74, 6) is 0. The van der Waals surface area contributed by atoms with Gasteiger partial charge in [-0.3, -0.25) is 4.99 Å². The molecule has 0 atom stereocenters. The van der Waals surface area contributed by atoms with Crippen molar-refractivity contribution in [1.82, 2.24) is 0 Å². The lowest BCUT2D eigenvalue weighted by Gasteiger charge is -2.18. The Balaban J connectivity index is 4.67. The molecule has 0 fully saturated rings. The second-order valence-electron chi connectivity index (χ2n) is 3.71. The molecule has 0 saturated heterocycles. The van der Waals surface area contributed by atoms with Crippen LogP contribution in [-0.2, 0) is 0 Å². The van der Waals surface area contributed by atoms with Gasteiger partial charge in [0, 0.05) is 17.3 Å². The van der Waals surface area contributed by atoms with Crippen LogP contribution in [0.4, 0.5) is 0 Å². The van der Waals surface area contributed by atoms with Crippen LogP contribution in [0.25, 0.3) is 0 Å². The fraction of sp³-hybridized carbons (Fsp3) is 0.545. The molecule has 68 valence electrons. The molecule has 0 aliphatic heterocycles. The first-order valence-corrected chi connectivity index (χ1v) is 4.34. The van der Waals surface area contributed by atoms with Gasteiger partial charge in [0.15, 0.2) is 0 Å². The Morgan fingerprint density at radius 1 is 1.17 bits per heavy atom. The molecule has 0 radical (unpaired) electrons. The molecule has 0 aliphatic carbocycles. The average Bonchev–Trinajstić information content (AvgIpc) is 1.95. The molecule has 0 aromatic rings. The van der Waals surface area contributed by atoms with E-state index < -0.39 is 0 Å².